The van der Waals surface area contributed by atoms with Gasteiger partial charge in [0.1, 0.15) is 0 Å². The summed E-state index contributed by atoms with van der Waals surface area (Å²) < 4.78 is 0. The van der Waals surface area contributed by atoms with Crippen molar-refractivity contribution < 1.29 is 0 Å². The van der Waals surface area contributed by atoms with E-state index in [0.29, 0.717) is 0 Å². The van der Waals surface area contributed by atoms with Gasteiger partial charge in [-0.3, -0.25) is 4.98 Å². The predicted molar refractivity (Wildman–Crippen MR) is 77.0 cm³/mol. The molecular formula is C17H21N. The quantitative estimate of drug-likeness (QED) is 0.777. The van der Waals surface area contributed by atoms with Gasteiger partial charge in [0.2, 0.25) is 0 Å². The molecule has 1 heteroatoms. The van der Waals surface area contributed by atoms with Crippen molar-refractivity contribution in [3.63, 3.8) is 0 Å². The highest BCUT2D eigenvalue weighted by atomic mass is 14.7. The molecule has 1 heterocycles. The molecule has 0 N–H and O–H groups in total. The van der Waals surface area contributed by atoms with Crippen LogP contribution >= 0.6 is 0 Å². The summed E-state index contributed by atoms with van der Waals surface area (Å²) in [7, 11) is 0. The van der Waals surface area contributed by atoms with Gasteiger partial charge in [-0.1, -0.05) is 37.6 Å². The molecule has 2 aromatic rings. The number of hydrogen-bond donors (Lipinski definition) is 0. The van der Waals surface area contributed by atoms with Crippen molar-refractivity contribution in [3.8, 4) is 0 Å². The molecule has 0 bridgehead atoms. The number of hydrogen-bond acceptors (Lipinski definition) is 1. The van der Waals surface area contributed by atoms with E-state index in [1.54, 1.807) is 0 Å². The van der Waals surface area contributed by atoms with Gasteiger partial charge in [0.05, 0.1) is 0 Å². The van der Waals surface area contributed by atoms with Gasteiger partial charge in [0.15, 0.2) is 0 Å². The molecule has 1 aromatic carbocycles. The Morgan fingerprint density at radius 1 is 1.00 bits per heavy atom. The maximum atomic E-state index is 4.36. The maximum absolute atomic E-state index is 4.36. The molecule has 0 aliphatic heterocycles. The maximum Gasteiger partial charge on any atom is 0.0372 e. The lowest BCUT2D eigenvalue weighted by Gasteiger charge is -2.09. The Morgan fingerprint density at radius 3 is 2.44 bits per heavy atom. The Balaban J connectivity index is 2.22. The van der Waals surface area contributed by atoms with Crippen LogP contribution in [0.4, 0.5) is 0 Å². The highest BCUT2D eigenvalue weighted by Gasteiger charge is 2.02. The van der Waals surface area contributed by atoms with Crippen molar-refractivity contribution >= 4 is 0 Å². The third kappa shape index (κ3) is 3.19. The van der Waals surface area contributed by atoms with Crippen LogP contribution in [-0.2, 0) is 12.8 Å². The highest BCUT2D eigenvalue weighted by Crippen LogP contribution is 2.16. The Morgan fingerprint density at radius 2 is 1.78 bits per heavy atom. The van der Waals surface area contributed by atoms with Crippen LogP contribution in [-0.4, -0.2) is 4.98 Å². The van der Waals surface area contributed by atoms with Crippen LogP contribution in [0.1, 0.15) is 41.3 Å². The number of benzene rings is 1. The third-order valence-electron chi connectivity index (χ3n) is 3.32. The van der Waals surface area contributed by atoms with E-state index in [0.717, 1.165) is 12.1 Å². The molecule has 0 radical (unpaired) electrons. The van der Waals surface area contributed by atoms with Crippen LogP contribution in [0.15, 0.2) is 36.5 Å². The van der Waals surface area contributed by atoms with Gasteiger partial charge >= 0.3 is 0 Å². The van der Waals surface area contributed by atoms with Crippen molar-refractivity contribution in [2.45, 2.75) is 40.0 Å². The first kappa shape index (κ1) is 12.8. The van der Waals surface area contributed by atoms with Crippen LogP contribution in [0.2, 0.25) is 0 Å². The van der Waals surface area contributed by atoms with Crippen LogP contribution in [0, 0.1) is 13.8 Å². The zero-order valence-corrected chi connectivity index (χ0v) is 11.5. The molecule has 0 unspecified atom stereocenters. The Bertz CT molecular complexity index is 512. The smallest absolute Gasteiger partial charge is 0.0372 e. The number of nitrogens with zero attached hydrogens (tertiary/aromatic N) is 1. The van der Waals surface area contributed by atoms with Crippen LogP contribution in [0.25, 0.3) is 0 Å². The molecule has 94 valence electrons. The zero-order valence-electron chi connectivity index (χ0n) is 11.5. The number of pyridine rings is 1. The van der Waals surface area contributed by atoms with E-state index < -0.39 is 0 Å². The third-order valence-corrected chi connectivity index (χ3v) is 3.32. The standard InChI is InChI=1S/C17H21N/c1-4-5-15-8-6-13(2)17(10-15)11-16-9-7-14(3)18-12-16/h6-10,12H,4-5,11H2,1-3H3. The normalized spacial score (nSPS) is 10.6. The van der Waals surface area contributed by atoms with Crippen molar-refractivity contribution in [3.05, 3.63) is 64.5 Å². The van der Waals surface area contributed by atoms with E-state index >= 15 is 0 Å². The summed E-state index contributed by atoms with van der Waals surface area (Å²) in [5.74, 6) is 0. The first-order valence-electron chi connectivity index (χ1n) is 6.69. The minimum atomic E-state index is 0.983. The molecule has 1 aromatic heterocycles. The summed E-state index contributed by atoms with van der Waals surface area (Å²) in [5, 5.41) is 0. The first-order chi connectivity index (χ1) is 8.69. The molecule has 0 saturated heterocycles. The Kier molecular flexibility index (Phi) is 4.14. The van der Waals surface area contributed by atoms with Crippen molar-refractivity contribution in [1.82, 2.24) is 4.98 Å². The monoisotopic (exact) mass is 239 g/mol. The van der Waals surface area contributed by atoms with E-state index in [-0.39, 0.29) is 0 Å². The number of aryl methyl sites for hydroxylation is 3. The van der Waals surface area contributed by atoms with E-state index in [9.17, 15) is 0 Å². The van der Waals surface area contributed by atoms with E-state index in [2.05, 4.69) is 49.2 Å². The molecule has 0 atom stereocenters. The summed E-state index contributed by atoms with van der Waals surface area (Å²) in [6.45, 7) is 6.44. The molecule has 2 rings (SSSR count). The Hall–Kier alpha value is -1.63. The average Bonchev–Trinajstić information content (AvgIpc) is 2.36. The fraction of sp³-hybridized carbons (Fsp3) is 0.353. The molecule has 0 aliphatic rings. The van der Waals surface area contributed by atoms with Crippen molar-refractivity contribution in [2.75, 3.05) is 0 Å². The minimum absolute atomic E-state index is 0.983. The summed E-state index contributed by atoms with van der Waals surface area (Å²) >= 11 is 0. The van der Waals surface area contributed by atoms with Crippen molar-refractivity contribution in [1.29, 1.82) is 0 Å². The average molecular weight is 239 g/mol. The molecule has 0 spiro atoms. The fourth-order valence-electron chi connectivity index (χ4n) is 2.18. The fourth-order valence-corrected chi connectivity index (χ4v) is 2.18. The molecule has 1 nitrogen and oxygen atoms in total. The second-order valence-corrected chi connectivity index (χ2v) is 5.00. The predicted octanol–water partition coefficient (Wildman–Crippen LogP) is 4.24. The van der Waals surface area contributed by atoms with Gasteiger partial charge in [-0.2, -0.15) is 0 Å². The largest absolute Gasteiger partial charge is 0.261 e. The van der Waals surface area contributed by atoms with Gasteiger partial charge in [-0.15, -0.1) is 0 Å². The lowest BCUT2D eigenvalue weighted by Crippen LogP contribution is -1.95. The summed E-state index contributed by atoms with van der Waals surface area (Å²) in [4.78, 5) is 4.36. The van der Waals surface area contributed by atoms with Gasteiger partial charge < -0.3 is 0 Å². The minimum Gasteiger partial charge on any atom is -0.261 e. The first-order valence-corrected chi connectivity index (χ1v) is 6.69. The molecule has 0 fully saturated rings. The lowest BCUT2D eigenvalue weighted by atomic mass is 9.97. The van der Waals surface area contributed by atoms with Crippen LogP contribution in [0.3, 0.4) is 0 Å². The summed E-state index contributed by atoms with van der Waals surface area (Å²) in [6, 6.07) is 11.1. The van der Waals surface area contributed by atoms with Crippen LogP contribution < -0.4 is 0 Å². The zero-order chi connectivity index (χ0) is 13.0. The van der Waals surface area contributed by atoms with E-state index in [1.165, 1.54) is 35.1 Å². The molecule has 0 aliphatic carbocycles. The Labute approximate surface area is 110 Å². The van der Waals surface area contributed by atoms with Crippen molar-refractivity contribution in [2.24, 2.45) is 0 Å². The van der Waals surface area contributed by atoms with Gasteiger partial charge in [0, 0.05) is 11.9 Å². The number of aromatic nitrogens is 1. The molecule has 18 heavy (non-hydrogen) atoms. The lowest BCUT2D eigenvalue weighted by molar-refractivity contribution is 0.916. The van der Waals surface area contributed by atoms with Gasteiger partial charge in [-0.05, 0) is 55.0 Å². The summed E-state index contributed by atoms with van der Waals surface area (Å²) in [5.41, 5.74) is 6.60. The highest BCUT2D eigenvalue weighted by molar-refractivity contribution is 5.35. The summed E-state index contributed by atoms with van der Waals surface area (Å²) in [6.07, 6.45) is 5.34. The molecular weight excluding hydrogens is 218 g/mol. The van der Waals surface area contributed by atoms with E-state index in [1.807, 2.05) is 13.1 Å². The van der Waals surface area contributed by atoms with Gasteiger partial charge in [-0.25, -0.2) is 0 Å². The number of rotatable bonds is 4. The van der Waals surface area contributed by atoms with E-state index in [4.69, 9.17) is 0 Å². The second kappa shape index (κ2) is 5.81. The topological polar surface area (TPSA) is 12.9 Å². The van der Waals surface area contributed by atoms with Crippen LogP contribution in [0.5, 0.6) is 0 Å². The molecule has 0 amide bonds. The molecule has 0 saturated carbocycles. The second-order valence-electron chi connectivity index (χ2n) is 5.00. The SMILES string of the molecule is CCCc1ccc(C)c(Cc2ccc(C)nc2)c1. The van der Waals surface area contributed by atoms with Gasteiger partial charge in [0.25, 0.3) is 0 Å².